The first-order valence-corrected chi connectivity index (χ1v) is 17.7. The van der Waals surface area contributed by atoms with Gasteiger partial charge in [-0.3, -0.25) is 13.6 Å². The number of carbonyl (C=O) groups is 1. The first-order valence-electron chi connectivity index (χ1n) is 16.2. The molecular formula is C30H55O10P. The zero-order valence-corrected chi connectivity index (χ0v) is 25.7. The fraction of sp³-hybridized carbons (Fsp3) is 0.967. The van der Waals surface area contributed by atoms with Gasteiger partial charge < -0.3 is 25.2 Å². The van der Waals surface area contributed by atoms with E-state index < -0.39 is 44.8 Å². The van der Waals surface area contributed by atoms with Gasteiger partial charge in [-0.15, -0.1) is 0 Å². The Morgan fingerprint density at radius 3 is 1.46 bits per heavy atom. The van der Waals surface area contributed by atoms with Crippen LogP contribution in [-0.4, -0.2) is 77.2 Å². The summed E-state index contributed by atoms with van der Waals surface area (Å²) in [6, 6.07) is 0. The number of hydrogen-bond donors (Lipinski definition) is 4. The molecule has 0 aromatic carbocycles. The Labute approximate surface area is 246 Å². The van der Waals surface area contributed by atoms with Crippen molar-refractivity contribution in [3.63, 3.8) is 0 Å². The quantitative estimate of drug-likeness (QED) is 0.123. The Balaban J connectivity index is 1.44. The Bertz CT molecular complexity index is 736. The lowest BCUT2D eigenvalue weighted by molar-refractivity contribution is -0.170. The van der Waals surface area contributed by atoms with Crippen LogP contribution in [-0.2, 0) is 27.7 Å². The van der Waals surface area contributed by atoms with Gasteiger partial charge in [-0.05, 0) is 37.0 Å². The summed E-state index contributed by atoms with van der Waals surface area (Å²) in [5.41, 5.74) is 0. The van der Waals surface area contributed by atoms with E-state index in [-0.39, 0.29) is 19.8 Å². The molecule has 0 aromatic heterocycles. The van der Waals surface area contributed by atoms with Crippen LogP contribution in [0.4, 0.5) is 0 Å². The number of ether oxygens (including phenoxy) is 1. The predicted octanol–water partition coefficient (Wildman–Crippen LogP) is 5.04. The SMILES string of the molecule is O=C(OCCC1CCCCC1)[C@H](O)[C@@H](O)[C@H](O)[C@H](O)COP(=O)(OCCC1CCCCC1)OCCC1CCCCC1. The summed E-state index contributed by atoms with van der Waals surface area (Å²) in [5, 5.41) is 41.4. The molecule has 0 bridgehead atoms. The predicted molar refractivity (Wildman–Crippen MR) is 154 cm³/mol. The molecule has 10 nitrogen and oxygen atoms in total. The molecule has 3 fully saturated rings. The highest BCUT2D eigenvalue weighted by Crippen LogP contribution is 2.50. The highest BCUT2D eigenvalue weighted by atomic mass is 31.2. The molecule has 3 saturated carbocycles. The molecule has 0 saturated heterocycles. The van der Waals surface area contributed by atoms with E-state index in [1.165, 1.54) is 44.9 Å². The van der Waals surface area contributed by atoms with E-state index in [1.54, 1.807) is 0 Å². The van der Waals surface area contributed by atoms with Crippen molar-refractivity contribution in [1.82, 2.24) is 0 Å². The van der Waals surface area contributed by atoms with Gasteiger partial charge in [0.05, 0.1) is 26.4 Å². The van der Waals surface area contributed by atoms with Crippen LogP contribution in [0, 0.1) is 17.8 Å². The third-order valence-corrected chi connectivity index (χ3v) is 10.7. The van der Waals surface area contributed by atoms with E-state index >= 15 is 0 Å². The molecule has 3 aliphatic carbocycles. The zero-order chi connectivity index (χ0) is 29.5. The highest BCUT2D eigenvalue weighted by Gasteiger charge is 2.37. The second-order valence-electron chi connectivity index (χ2n) is 12.4. The van der Waals surface area contributed by atoms with Gasteiger partial charge in [0.25, 0.3) is 0 Å². The number of phosphoric acid groups is 1. The van der Waals surface area contributed by atoms with Crippen LogP contribution < -0.4 is 0 Å². The molecule has 0 amide bonds. The van der Waals surface area contributed by atoms with Gasteiger partial charge >= 0.3 is 13.8 Å². The van der Waals surface area contributed by atoms with Gasteiger partial charge in [-0.25, -0.2) is 9.36 Å². The maximum atomic E-state index is 13.4. The van der Waals surface area contributed by atoms with Crippen LogP contribution >= 0.6 is 7.82 Å². The van der Waals surface area contributed by atoms with Crippen molar-refractivity contribution in [3.8, 4) is 0 Å². The van der Waals surface area contributed by atoms with Crippen molar-refractivity contribution in [2.45, 2.75) is 140 Å². The van der Waals surface area contributed by atoms with Gasteiger partial charge in [-0.1, -0.05) is 96.3 Å². The average molecular weight is 607 g/mol. The van der Waals surface area contributed by atoms with Crippen LogP contribution in [0.3, 0.4) is 0 Å². The van der Waals surface area contributed by atoms with Gasteiger partial charge in [0, 0.05) is 0 Å². The molecule has 3 aliphatic rings. The van der Waals surface area contributed by atoms with Gasteiger partial charge in [0.1, 0.15) is 18.3 Å². The van der Waals surface area contributed by atoms with Crippen LogP contribution in [0.15, 0.2) is 0 Å². The summed E-state index contributed by atoms with van der Waals surface area (Å²) < 4.78 is 35.2. The van der Waals surface area contributed by atoms with Gasteiger partial charge in [0.15, 0.2) is 6.10 Å². The lowest BCUT2D eigenvalue weighted by Crippen LogP contribution is -2.49. The maximum absolute atomic E-state index is 13.4. The molecular weight excluding hydrogens is 551 g/mol. The topological polar surface area (TPSA) is 152 Å². The van der Waals surface area contributed by atoms with Gasteiger partial charge in [-0.2, -0.15) is 0 Å². The minimum atomic E-state index is -4.06. The largest absolute Gasteiger partial charge is 0.474 e. The standard InChI is InChI=1S/C30H55O10P/c31-26(27(32)28(33)29(34)30(35)37-19-16-23-10-4-1-5-11-23)22-40-41(36,38-20-17-24-12-6-2-7-13-24)39-21-18-25-14-8-3-9-15-25/h23-29,31-34H,1-22H2/t26-,27-,28+,29-/m1/s1. The maximum Gasteiger partial charge on any atom is 0.474 e. The lowest BCUT2D eigenvalue weighted by Gasteiger charge is -2.27. The number of hydrogen-bond acceptors (Lipinski definition) is 10. The number of carbonyl (C=O) groups excluding carboxylic acids is 1. The average Bonchev–Trinajstić information content (AvgIpc) is 3.00. The summed E-state index contributed by atoms with van der Waals surface area (Å²) in [7, 11) is -4.06. The minimum Gasteiger partial charge on any atom is -0.464 e. The second kappa shape index (κ2) is 18.9. The van der Waals surface area contributed by atoms with Crippen molar-refractivity contribution in [2.75, 3.05) is 26.4 Å². The number of esters is 1. The van der Waals surface area contributed by atoms with E-state index in [0.717, 1.165) is 64.2 Å². The van der Waals surface area contributed by atoms with E-state index in [2.05, 4.69) is 0 Å². The van der Waals surface area contributed by atoms with E-state index in [4.69, 9.17) is 18.3 Å². The molecule has 0 heterocycles. The molecule has 3 rings (SSSR count). The number of rotatable bonds is 18. The van der Waals surface area contributed by atoms with Crippen molar-refractivity contribution >= 4 is 13.8 Å². The van der Waals surface area contributed by atoms with Crippen molar-refractivity contribution < 1.29 is 48.1 Å². The Morgan fingerprint density at radius 1 is 0.610 bits per heavy atom. The lowest BCUT2D eigenvalue weighted by atomic mass is 9.87. The van der Waals surface area contributed by atoms with Crippen LogP contribution in [0.2, 0.25) is 0 Å². The molecule has 4 atom stereocenters. The molecule has 4 N–H and O–H groups in total. The Morgan fingerprint density at radius 2 is 1.02 bits per heavy atom. The molecule has 0 spiro atoms. The van der Waals surface area contributed by atoms with E-state index in [9.17, 15) is 29.8 Å². The number of aliphatic hydroxyl groups is 4. The smallest absolute Gasteiger partial charge is 0.464 e. The fourth-order valence-electron chi connectivity index (χ4n) is 6.43. The van der Waals surface area contributed by atoms with E-state index in [0.29, 0.717) is 24.2 Å². The van der Waals surface area contributed by atoms with Crippen LogP contribution in [0.1, 0.15) is 116 Å². The second-order valence-corrected chi connectivity index (χ2v) is 14.1. The first-order chi connectivity index (χ1) is 19.8. The van der Waals surface area contributed by atoms with Crippen LogP contribution in [0.25, 0.3) is 0 Å². The Hall–Kier alpha value is -0.580. The number of phosphoric ester groups is 1. The van der Waals surface area contributed by atoms with Crippen molar-refractivity contribution in [2.24, 2.45) is 17.8 Å². The third-order valence-electron chi connectivity index (χ3n) is 9.21. The van der Waals surface area contributed by atoms with Crippen molar-refractivity contribution in [3.05, 3.63) is 0 Å². The molecule has 240 valence electrons. The molecule has 0 unspecified atom stereocenters. The molecule has 0 radical (unpaired) electrons. The van der Waals surface area contributed by atoms with Gasteiger partial charge in [0.2, 0.25) is 0 Å². The summed E-state index contributed by atoms with van der Waals surface area (Å²) in [6.07, 6.45) is 11.8. The number of aliphatic hydroxyl groups excluding tert-OH is 4. The summed E-state index contributed by atoms with van der Waals surface area (Å²) in [6.45, 7) is -0.170. The normalized spacial score (nSPS) is 23.1. The summed E-state index contributed by atoms with van der Waals surface area (Å²) >= 11 is 0. The van der Waals surface area contributed by atoms with E-state index in [1.807, 2.05) is 0 Å². The fourth-order valence-corrected chi connectivity index (χ4v) is 7.65. The van der Waals surface area contributed by atoms with Crippen molar-refractivity contribution in [1.29, 1.82) is 0 Å². The molecule has 0 aromatic rings. The zero-order valence-electron chi connectivity index (χ0n) is 24.8. The highest BCUT2D eigenvalue weighted by molar-refractivity contribution is 7.48. The monoisotopic (exact) mass is 606 g/mol. The Kier molecular flexibility index (Phi) is 16.1. The molecule has 41 heavy (non-hydrogen) atoms. The van der Waals surface area contributed by atoms with Crippen LogP contribution in [0.5, 0.6) is 0 Å². The first kappa shape index (κ1) is 34.9. The minimum absolute atomic E-state index is 0.120. The molecule has 0 aliphatic heterocycles. The third kappa shape index (κ3) is 12.9. The molecule has 11 heteroatoms. The summed E-state index contributed by atoms with van der Waals surface area (Å²) in [4.78, 5) is 12.2. The summed E-state index contributed by atoms with van der Waals surface area (Å²) in [5.74, 6) is 0.425.